The molecule has 0 unspecified atom stereocenters. The molecule has 2 rings (SSSR count). The van der Waals surface area contributed by atoms with E-state index in [4.69, 9.17) is 11.6 Å². The molecule has 1 aromatic carbocycles. The molecule has 0 aliphatic heterocycles. The lowest BCUT2D eigenvalue weighted by molar-refractivity contribution is 0.428. The van der Waals surface area contributed by atoms with Gasteiger partial charge in [-0.05, 0) is 27.6 Å². The van der Waals surface area contributed by atoms with Crippen LogP contribution in [0.15, 0.2) is 44.4 Å². The Morgan fingerprint density at radius 3 is 2.43 bits per heavy atom. The van der Waals surface area contributed by atoms with Gasteiger partial charge in [0.15, 0.2) is 0 Å². The Morgan fingerprint density at radius 1 is 1.24 bits per heavy atom. The number of rotatable bonds is 6. The van der Waals surface area contributed by atoms with Crippen LogP contribution in [0.2, 0.25) is 5.02 Å². The van der Waals surface area contributed by atoms with Crippen molar-refractivity contribution in [3.8, 4) is 0 Å². The van der Waals surface area contributed by atoms with Crippen LogP contribution in [0.4, 0.5) is 0 Å². The van der Waals surface area contributed by atoms with Crippen molar-refractivity contribution in [1.29, 1.82) is 0 Å². The van der Waals surface area contributed by atoms with Crippen molar-refractivity contribution < 1.29 is 8.42 Å². The molecular formula is C13H12Br2ClNO2S2. The molecule has 0 aliphatic carbocycles. The van der Waals surface area contributed by atoms with Gasteiger partial charge in [-0.2, -0.15) is 4.31 Å². The fraction of sp³-hybridized carbons (Fsp3) is 0.231. The van der Waals surface area contributed by atoms with Crippen LogP contribution in [0.3, 0.4) is 0 Å². The zero-order valence-electron chi connectivity index (χ0n) is 10.8. The second kappa shape index (κ2) is 7.57. The van der Waals surface area contributed by atoms with Gasteiger partial charge in [0, 0.05) is 18.4 Å². The summed E-state index contributed by atoms with van der Waals surface area (Å²) in [4.78, 5) is 0. The first-order valence-electron chi connectivity index (χ1n) is 6.00. The number of thiophene rings is 1. The van der Waals surface area contributed by atoms with E-state index in [2.05, 4.69) is 31.9 Å². The summed E-state index contributed by atoms with van der Waals surface area (Å²) in [6.07, 6.45) is 0. The molecule has 0 fully saturated rings. The van der Waals surface area contributed by atoms with Crippen LogP contribution < -0.4 is 0 Å². The van der Waals surface area contributed by atoms with E-state index in [9.17, 15) is 8.42 Å². The van der Waals surface area contributed by atoms with Crippen LogP contribution in [-0.2, 0) is 16.6 Å². The van der Waals surface area contributed by atoms with E-state index in [0.717, 1.165) is 16.9 Å². The maximum Gasteiger partial charge on any atom is 0.252 e. The molecule has 0 spiro atoms. The van der Waals surface area contributed by atoms with Gasteiger partial charge in [-0.1, -0.05) is 57.9 Å². The number of nitrogens with zero attached hydrogens (tertiary/aromatic N) is 1. The number of alkyl halides is 1. The predicted molar refractivity (Wildman–Crippen MR) is 94.9 cm³/mol. The highest BCUT2D eigenvalue weighted by molar-refractivity contribution is 9.11. The quantitative estimate of drug-likeness (QED) is 0.568. The van der Waals surface area contributed by atoms with Crippen LogP contribution in [0, 0.1) is 0 Å². The van der Waals surface area contributed by atoms with Gasteiger partial charge in [-0.15, -0.1) is 11.3 Å². The molecule has 0 atom stereocenters. The first-order chi connectivity index (χ1) is 9.95. The van der Waals surface area contributed by atoms with Gasteiger partial charge < -0.3 is 0 Å². The monoisotopic (exact) mass is 471 g/mol. The highest BCUT2D eigenvalue weighted by Gasteiger charge is 2.27. The van der Waals surface area contributed by atoms with E-state index in [1.165, 1.54) is 10.4 Å². The van der Waals surface area contributed by atoms with Gasteiger partial charge in [0.1, 0.15) is 4.21 Å². The van der Waals surface area contributed by atoms with E-state index < -0.39 is 10.0 Å². The summed E-state index contributed by atoms with van der Waals surface area (Å²) >= 11 is 13.6. The third-order valence-corrected chi connectivity index (χ3v) is 7.88. The van der Waals surface area contributed by atoms with Gasteiger partial charge in [-0.25, -0.2) is 8.42 Å². The first-order valence-corrected chi connectivity index (χ1v) is 10.5. The molecule has 8 heteroatoms. The van der Waals surface area contributed by atoms with Crippen molar-refractivity contribution in [2.75, 3.05) is 11.9 Å². The van der Waals surface area contributed by atoms with Crippen LogP contribution in [-0.4, -0.2) is 24.6 Å². The lowest BCUT2D eigenvalue weighted by Crippen LogP contribution is -2.31. The molecule has 21 heavy (non-hydrogen) atoms. The maximum absolute atomic E-state index is 12.7. The molecule has 1 heterocycles. The number of benzene rings is 1. The summed E-state index contributed by atoms with van der Waals surface area (Å²) in [6, 6.07) is 11.0. The fourth-order valence-electron chi connectivity index (χ4n) is 1.75. The van der Waals surface area contributed by atoms with Crippen LogP contribution in [0.25, 0.3) is 0 Å². The summed E-state index contributed by atoms with van der Waals surface area (Å²) in [5.41, 5.74) is 0.948. The number of sulfonamides is 1. The number of halogens is 3. The zero-order chi connectivity index (χ0) is 15.5. The second-order valence-corrected chi connectivity index (χ2v) is 9.94. The van der Waals surface area contributed by atoms with E-state index in [1.807, 2.05) is 30.3 Å². The molecule has 0 bridgehead atoms. The first kappa shape index (κ1) is 17.4. The van der Waals surface area contributed by atoms with Crippen molar-refractivity contribution in [2.45, 2.75) is 10.8 Å². The average molecular weight is 474 g/mol. The summed E-state index contributed by atoms with van der Waals surface area (Å²) in [5.74, 6) is 0. The summed E-state index contributed by atoms with van der Waals surface area (Å²) in [7, 11) is -3.56. The summed E-state index contributed by atoms with van der Waals surface area (Å²) < 4.78 is 27.8. The largest absolute Gasteiger partial charge is 0.252 e. The van der Waals surface area contributed by atoms with Gasteiger partial charge in [0.25, 0.3) is 10.0 Å². The molecule has 0 amide bonds. The van der Waals surface area contributed by atoms with E-state index in [-0.39, 0.29) is 4.21 Å². The van der Waals surface area contributed by atoms with Gasteiger partial charge in [0.05, 0.1) is 8.81 Å². The Hall–Kier alpha value is 0.0800. The topological polar surface area (TPSA) is 37.4 Å². The van der Waals surface area contributed by atoms with E-state index >= 15 is 0 Å². The van der Waals surface area contributed by atoms with Gasteiger partial charge in [-0.3, -0.25) is 0 Å². The normalized spacial score (nSPS) is 12.0. The molecule has 2 aromatic rings. The molecule has 0 saturated heterocycles. The molecule has 114 valence electrons. The molecule has 3 nitrogen and oxygen atoms in total. The molecule has 0 N–H and O–H groups in total. The van der Waals surface area contributed by atoms with Gasteiger partial charge >= 0.3 is 0 Å². The van der Waals surface area contributed by atoms with Crippen LogP contribution in [0.5, 0.6) is 0 Å². The third kappa shape index (κ3) is 4.30. The zero-order valence-corrected chi connectivity index (χ0v) is 16.4. The van der Waals surface area contributed by atoms with Crippen molar-refractivity contribution in [1.82, 2.24) is 4.31 Å². The fourth-order valence-corrected chi connectivity index (χ4v) is 6.39. The molecule has 0 aliphatic rings. The van der Waals surface area contributed by atoms with Crippen LogP contribution in [0.1, 0.15) is 5.56 Å². The molecule has 0 radical (unpaired) electrons. The smallest absolute Gasteiger partial charge is 0.206 e. The summed E-state index contributed by atoms with van der Waals surface area (Å²) in [6.45, 7) is 0.728. The minimum absolute atomic E-state index is 0.247. The van der Waals surface area contributed by atoms with Crippen LogP contribution >= 0.6 is 54.8 Å². The Kier molecular flexibility index (Phi) is 6.28. The second-order valence-electron chi connectivity index (χ2n) is 4.20. The highest BCUT2D eigenvalue weighted by atomic mass is 79.9. The van der Waals surface area contributed by atoms with Gasteiger partial charge in [0.2, 0.25) is 0 Å². The molecule has 0 saturated carbocycles. The van der Waals surface area contributed by atoms with Crippen molar-refractivity contribution >= 4 is 64.8 Å². The third-order valence-electron chi connectivity index (χ3n) is 2.75. The number of hydrogen-bond donors (Lipinski definition) is 0. The Morgan fingerprint density at radius 2 is 1.90 bits per heavy atom. The minimum atomic E-state index is -3.56. The molecule has 1 aromatic heterocycles. The lowest BCUT2D eigenvalue weighted by atomic mass is 10.2. The lowest BCUT2D eigenvalue weighted by Gasteiger charge is -2.20. The average Bonchev–Trinajstić information content (AvgIpc) is 2.80. The Bertz CT molecular complexity index is 685. The van der Waals surface area contributed by atoms with E-state index in [1.54, 1.807) is 0 Å². The van der Waals surface area contributed by atoms with Crippen molar-refractivity contribution in [3.63, 3.8) is 0 Å². The maximum atomic E-state index is 12.7. The predicted octanol–water partition coefficient (Wildman–Crippen LogP) is 4.75. The van der Waals surface area contributed by atoms with Crippen molar-refractivity contribution in [3.05, 3.63) is 50.8 Å². The SMILES string of the molecule is O=S(=O)(c1cc(Cl)c(Br)s1)N(CCBr)Cc1ccccc1. The molecular weight excluding hydrogens is 462 g/mol. The van der Waals surface area contributed by atoms with Crippen molar-refractivity contribution in [2.24, 2.45) is 0 Å². The Labute approximate surface area is 150 Å². The summed E-state index contributed by atoms with van der Waals surface area (Å²) in [5, 5.41) is 0.983. The number of hydrogen-bond acceptors (Lipinski definition) is 3. The minimum Gasteiger partial charge on any atom is -0.206 e. The highest BCUT2D eigenvalue weighted by Crippen LogP contribution is 2.36. The van der Waals surface area contributed by atoms with E-state index in [0.29, 0.717) is 27.2 Å². The standard InChI is InChI=1S/C13H12Br2ClNO2S2/c14-6-7-17(9-10-4-2-1-3-5-10)21(18,19)12-8-11(16)13(15)20-12/h1-5,8H,6-7,9H2. The Balaban J connectivity index is 2.32.